The van der Waals surface area contributed by atoms with Gasteiger partial charge in [0, 0.05) is 17.9 Å². The number of H-pyrrole nitrogens is 1. The Kier molecular flexibility index (Phi) is 4.54. The third-order valence-electron chi connectivity index (χ3n) is 4.08. The number of nitrogens with one attached hydrogen (secondary N) is 2. The number of aromatic amines is 1. The van der Waals surface area contributed by atoms with Crippen molar-refractivity contribution >= 4 is 29.3 Å². The number of halogens is 1. The molecule has 0 unspecified atom stereocenters. The predicted octanol–water partition coefficient (Wildman–Crippen LogP) is 2.34. The van der Waals surface area contributed by atoms with E-state index in [9.17, 15) is 9.59 Å². The quantitative estimate of drug-likeness (QED) is 0.806. The standard InChI is InChI=1S/C16H16ClN3O5/c1-23-9-5-4-7(12(17)14(9)24-2)8-6-10(21)18-15-11(8)13(19-20-15)16(22)25-3/h4-5,8H,6H2,1-3H3,(H2,18,19,20,21)/t8-/m1/s1. The van der Waals surface area contributed by atoms with Gasteiger partial charge in [0.2, 0.25) is 5.91 Å². The molecular formula is C16H16ClN3O5. The summed E-state index contributed by atoms with van der Waals surface area (Å²) < 4.78 is 15.3. The fourth-order valence-electron chi connectivity index (χ4n) is 2.95. The number of carbonyl (C=O) groups excluding carboxylic acids is 2. The highest BCUT2D eigenvalue weighted by molar-refractivity contribution is 6.33. The molecule has 132 valence electrons. The van der Waals surface area contributed by atoms with E-state index >= 15 is 0 Å². The number of fused-ring (bicyclic) bond motifs is 1. The van der Waals surface area contributed by atoms with Crippen molar-refractivity contribution in [2.45, 2.75) is 12.3 Å². The number of amides is 1. The Morgan fingerprint density at radius 2 is 2.04 bits per heavy atom. The maximum absolute atomic E-state index is 12.1. The van der Waals surface area contributed by atoms with Gasteiger partial charge >= 0.3 is 5.97 Å². The number of carbonyl (C=O) groups is 2. The molecule has 1 atom stereocenters. The Balaban J connectivity index is 2.18. The molecule has 1 aromatic carbocycles. The number of nitrogens with zero attached hydrogens (tertiary/aromatic N) is 1. The van der Waals surface area contributed by atoms with Crippen LogP contribution in [-0.4, -0.2) is 43.4 Å². The second kappa shape index (κ2) is 6.64. The van der Waals surface area contributed by atoms with Crippen LogP contribution < -0.4 is 14.8 Å². The van der Waals surface area contributed by atoms with Crippen LogP contribution in [0.1, 0.15) is 34.0 Å². The molecule has 0 saturated carbocycles. The van der Waals surface area contributed by atoms with Crippen LogP contribution in [-0.2, 0) is 9.53 Å². The molecule has 1 aliphatic heterocycles. The summed E-state index contributed by atoms with van der Waals surface area (Å²) in [6, 6.07) is 3.44. The lowest BCUT2D eigenvalue weighted by atomic mass is 9.85. The number of hydrogen-bond acceptors (Lipinski definition) is 6. The smallest absolute Gasteiger partial charge is 0.356 e. The first kappa shape index (κ1) is 17.1. The molecule has 8 nitrogen and oxygen atoms in total. The van der Waals surface area contributed by atoms with Crippen molar-refractivity contribution in [1.29, 1.82) is 0 Å². The summed E-state index contributed by atoms with van der Waals surface area (Å²) >= 11 is 6.49. The van der Waals surface area contributed by atoms with Crippen LogP contribution in [0, 0.1) is 0 Å². The van der Waals surface area contributed by atoms with Crippen molar-refractivity contribution in [3.8, 4) is 11.5 Å². The van der Waals surface area contributed by atoms with E-state index in [-0.39, 0.29) is 23.8 Å². The molecule has 2 N–H and O–H groups in total. The lowest BCUT2D eigenvalue weighted by Crippen LogP contribution is -2.24. The molecule has 2 heterocycles. The molecule has 2 aromatic rings. The molecule has 1 aromatic heterocycles. The highest BCUT2D eigenvalue weighted by atomic mass is 35.5. The fraction of sp³-hybridized carbons (Fsp3) is 0.312. The van der Waals surface area contributed by atoms with Crippen LogP contribution in [0.2, 0.25) is 5.02 Å². The van der Waals surface area contributed by atoms with Crippen molar-refractivity contribution in [3.05, 3.63) is 34.0 Å². The number of ether oxygens (including phenoxy) is 3. The zero-order valence-electron chi connectivity index (χ0n) is 13.8. The summed E-state index contributed by atoms with van der Waals surface area (Å²) in [5.41, 5.74) is 1.33. The van der Waals surface area contributed by atoms with Crippen LogP contribution in [0.25, 0.3) is 0 Å². The third-order valence-corrected chi connectivity index (χ3v) is 4.47. The van der Waals surface area contributed by atoms with Gasteiger partial charge in [-0.05, 0) is 11.6 Å². The van der Waals surface area contributed by atoms with Crippen LogP contribution in [0.5, 0.6) is 11.5 Å². The Morgan fingerprint density at radius 1 is 1.28 bits per heavy atom. The van der Waals surface area contributed by atoms with Gasteiger partial charge in [-0.15, -0.1) is 0 Å². The van der Waals surface area contributed by atoms with E-state index < -0.39 is 11.9 Å². The van der Waals surface area contributed by atoms with Gasteiger partial charge in [-0.2, -0.15) is 5.10 Å². The van der Waals surface area contributed by atoms with Crippen molar-refractivity contribution in [1.82, 2.24) is 10.2 Å². The Labute approximate surface area is 148 Å². The molecule has 0 bridgehead atoms. The van der Waals surface area contributed by atoms with E-state index in [0.717, 1.165) is 0 Å². The van der Waals surface area contributed by atoms with E-state index in [4.69, 9.17) is 25.8 Å². The van der Waals surface area contributed by atoms with E-state index in [1.807, 2.05) is 0 Å². The van der Waals surface area contributed by atoms with Crippen molar-refractivity contribution in [3.63, 3.8) is 0 Å². The zero-order chi connectivity index (χ0) is 18.1. The van der Waals surface area contributed by atoms with Gasteiger partial charge in [-0.1, -0.05) is 17.7 Å². The maximum Gasteiger partial charge on any atom is 0.356 e. The summed E-state index contributed by atoms with van der Waals surface area (Å²) in [6.45, 7) is 0. The second-order valence-electron chi connectivity index (χ2n) is 5.36. The van der Waals surface area contributed by atoms with Gasteiger partial charge in [-0.25, -0.2) is 4.79 Å². The minimum atomic E-state index is -0.577. The molecule has 1 amide bonds. The number of benzene rings is 1. The molecule has 9 heteroatoms. The van der Waals surface area contributed by atoms with Crippen LogP contribution in [0.4, 0.5) is 5.82 Å². The zero-order valence-corrected chi connectivity index (χ0v) is 14.6. The monoisotopic (exact) mass is 365 g/mol. The summed E-state index contributed by atoms with van der Waals surface area (Å²) in [7, 11) is 4.26. The average molecular weight is 366 g/mol. The van der Waals surface area contributed by atoms with Crippen LogP contribution in [0.3, 0.4) is 0 Å². The molecule has 0 spiro atoms. The molecule has 0 fully saturated rings. The molecule has 3 rings (SSSR count). The van der Waals surface area contributed by atoms with Crippen molar-refractivity contribution < 1.29 is 23.8 Å². The van der Waals surface area contributed by atoms with Crippen LogP contribution >= 0.6 is 11.6 Å². The van der Waals surface area contributed by atoms with Gasteiger partial charge in [-0.3, -0.25) is 9.89 Å². The highest BCUT2D eigenvalue weighted by Crippen LogP contribution is 2.46. The highest BCUT2D eigenvalue weighted by Gasteiger charge is 2.36. The first-order chi connectivity index (χ1) is 12.0. The minimum absolute atomic E-state index is 0.103. The fourth-order valence-corrected chi connectivity index (χ4v) is 3.32. The van der Waals surface area contributed by atoms with Gasteiger partial charge in [0.25, 0.3) is 0 Å². The molecule has 0 aliphatic carbocycles. The molecular weight excluding hydrogens is 350 g/mol. The number of methoxy groups -OCH3 is 3. The SMILES string of the molecule is COC(=O)c1[nH]nc2c1[C@@H](c1ccc(OC)c(OC)c1Cl)CC(=O)N2. The molecule has 0 radical (unpaired) electrons. The molecule has 0 saturated heterocycles. The number of anilines is 1. The Hall–Kier alpha value is -2.74. The van der Waals surface area contributed by atoms with Gasteiger partial charge < -0.3 is 19.5 Å². The number of aromatic nitrogens is 2. The number of rotatable bonds is 4. The van der Waals surface area contributed by atoms with Crippen LogP contribution in [0.15, 0.2) is 12.1 Å². The second-order valence-corrected chi connectivity index (χ2v) is 5.74. The normalized spacial score (nSPS) is 16.0. The topological polar surface area (TPSA) is 103 Å². The van der Waals surface area contributed by atoms with E-state index in [0.29, 0.717) is 27.6 Å². The van der Waals surface area contributed by atoms with E-state index in [2.05, 4.69) is 15.5 Å². The summed E-state index contributed by atoms with van der Waals surface area (Å²) in [4.78, 5) is 24.1. The first-order valence-electron chi connectivity index (χ1n) is 7.38. The van der Waals surface area contributed by atoms with Gasteiger partial charge in [0.05, 0.1) is 26.4 Å². The number of hydrogen-bond donors (Lipinski definition) is 2. The lowest BCUT2D eigenvalue weighted by molar-refractivity contribution is -0.116. The molecule has 25 heavy (non-hydrogen) atoms. The van der Waals surface area contributed by atoms with Crippen molar-refractivity contribution in [2.24, 2.45) is 0 Å². The largest absolute Gasteiger partial charge is 0.493 e. The minimum Gasteiger partial charge on any atom is -0.493 e. The summed E-state index contributed by atoms with van der Waals surface area (Å²) in [5.74, 6) is -0.177. The summed E-state index contributed by atoms with van der Waals surface area (Å²) in [5, 5.41) is 9.57. The van der Waals surface area contributed by atoms with Gasteiger partial charge in [0.15, 0.2) is 17.3 Å². The third kappa shape index (κ3) is 2.78. The van der Waals surface area contributed by atoms with Gasteiger partial charge in [0.1, 0.15) is 5.69 Å². The van der Waals surface area contributed by atoms with E-state index in [1.54, 1.807) is 12.1 Å². The number of esters is 1. The van der Waals surface area contributed by atoms with E-state index in [1.165, 1.54) is 21.3 Å². The first-order valence-corrected chi connectivity index (χ1v) is 7.76. The predicted molar refractivity (Wildman–Crippen MR) is 89.6 cm³/mol. The van der Waals surface area contributed by atoms with Crippen molar-refractivity contribution in [2.75, 3.05) is 26.6 Å². The molecule has 1 aliphatic rings. The summed E-state index contributed by atoms with van der Waals surface area (Å²) in [6.07, 6.45) is 0.103. The maximum atomic E-state index is 12.1. The Bertz CT molecular complexity index is 849. The lowest BCUT2D eigenvalue weighted by Gasteiger charge is -2.24. The Morgan fingerprint density at radius 3 is 2.68 bits per heavy atom. The average Bonchev–Trinajstić information content (AvgIpc) is 3.03.